The van der Waals surface area contributed by atoms with E-state index in [0.29, 0.717) is 6.10 Å². The highest BCUT2D eigenvalue weighted by Crippen LogP contribution is 2.23. The number of nitrogens with one attached hydrogen (secondary N) is 1. The van der Waals surface area contributed by atoms with E-state index in [9.17, 15) is 4.79 Å². The number of amides is 1. The topological polar surface area (TPSA) is 50.9 Å². The zero-order valence-corrected chi connectivity index (χ0v) is 11.2. The first kappa shape index (κ1) is 13.8. The Kier molecular flexibility index (Phi) is 5.94. The van der Waals surface area contributed by atoms with Crippen molar-refractivity contribution in [2.24, 2.45) is 5.92 Å². The predicted molar refractivity (Wildman–Crippen MR) is 69.4 cm³/mol. The van der Waals surface area contributed by atoms with Crippen molar-refractivity contribution in [1.82, 2.24) is 5.32 Å². The summed E-state index contributed by atoms with van der Waals surface area (Å²) in [4.78, 5) is 11.8. The van der Waals surface area contributed by atoms with Gasteiger partial charge < -0.3 is 14.8 Å². The van der Waals surface area contributed by atoms with Gasteiger partial charge >= 0.3 is 0 Å². The Morgan fingerprint density at radius 1 is 1.22 bits per heavy atom. The third kappa shape index (κ3) is 5.36. The molecule has 1 saturated carbocycles. The minimum Gasteiger partial charge on any atom is -0.379 e. The number of hydrogen-bond donors (Lipinski definition) is 1. The average Bonchev–Trinajstić information content (AvgIpc) is 3.22. The van der Waals surface area contributed by atoms with Crippen LogP contribution in [0.25, 0.3) is 0 Å². The summed E-state index contributed by atoms with van der Waals surface area (Å²) in [7, 11) is 0. The first-order valence-electron chi connectivity index (χ1n) is 7.33. The number of rotatable bonds is 8. The van der Waals surface area contributed by atoms with Crippen LogP contribution in [-0.2, 0) is 14.3 Å². The number of epoxide rings is 1. The average molecular weight is 255 g/mol. The Hall–Kier alpha value is -0.610. The van der Waals surface area contributed by atoms with Crippen molar-refractivity contribution < 1.29 is 14.3 Å². The quantitative estimate of drug-likeness (QED) is 0.532. The maximum absolute atomic E-state index is 11.8. The van der Waals surface area contributed by atoms with Gasteiger partial charge in [0.2, 0.25) is 5.91 Å². The van der Waals surface area contributed by atoms with Crippen LogP contribution in [0.1, 0.15) is 44.9 Å². The maximum atomic E-state index is 11.8. The zero-order chi connectivity index (χ0) is 12.6. The molecule has 0 aromatic heterocycles. The van der Waals surface area contributed by atoms with Gasteiger partial charge in [-0.1, -0.05) is 19.3 Å². The highest BCUT2D eigenvalue weighted by atomic mass is 16.6. The molecule has 2 rings (SSSR count). The second kappa shape index (κ2) is 7.74. The lowest BCUT2D eigenvalue weighted by molar-refractivity contribution is -0.125. The number of carbonyl (C=O) groups excluding carboxylic acids is 1. The van der Waals surface area contributed by atoms with Crippen LogP contribution in [0, 0.1) is 5.92 Å². The van der Waals surface area contributed by atoms with E-state index in [2.05, 4.69) is 5.32 Å². The van der Waals surface area contributed by atoms with Crippen LogP contribution in [0.5, 0.6) is 0 Å². The second-order valence-electron chi connectivity index (χ2n) is 5.36. The van der Waals surface area contributed by atoms with E-state index in [1.807, 2.05) is 0 Å². The molecule has 0 radical (unpaired) electrons. The van der Waals surface area contributed by atoms with E-state index in [0.717, 1.165) is 52.0 Å². The Bertz CT molecular complexity index is 247. The van der Waals surface area contributed by atoms with Gasteiger partial charge in [0.25, 0.3) is 0 Å². The minimum absolute atomic E-state index is 0.266. The number of ether oxygens (including phenoxy) is 2. The molecule has 0 spiro atoms. The molecule has 0 bridgehead atoms. The summed E-state index contributed by atoms with van der Waals surface area (Å²) in [5, 5.41) is 3.05. The lowest BCUT2D eigenvalue weighted by Crippen LogP contribution is -2.32. The highest BCUT2D eigenvalue weighted by molar-refractivity contribution is 5.78. The van der Waals surface area contributed by atoms with Crippen LogP contribution in [0.4, 0.5) is 0 Å². The van der Waals surface area contributed by atoms with Crippen molar-refractivity contribution in [1.29, 1.82) is 0 Å². The second-order valence-corrected chi connectivity index (χ2v) is 5.36. The van der Waals surface area contributed by atoms with E-state index < -0.39 is 0 Å². The summed E-state index contributed by atoms with van der Waals surface area (Å²) in [6.07, 6.45) is 8.26. The first-order chi connectivity index (χ1) is 8.86. The fraction of sp³-hybridized carbons (Fsp3) is 0.929. The molecule has 1 saturated heterocycles. The van der Waals surface area contributed by atoms with Crippen LogP contribution in [-0.4, -0.2) is 38.4 Å². The minimum atomic E-state index is 0.266. The smallest absolute Gasteiger partial charge is 0.223 e. The third-order valence-electron chi connectivity index (χ3n) is 3.70. The van der Waals surface area contributed by atoms with Gasteiger partial charge in [-0.05, 0) is 25.7 Å². The Balaban J connectivity index is 1.40. The largest absolute Gasteiger partial charge is 0.379 e. The summed E-state index contributed by atoms with van der Waals surface area (Å²) in [6, 6.07) is 0. The Labute approximate surface area is 109 Å². The Morgan fingerprint density at radius 2 is 2.00 bits per heavy atom. The van der Waals surface area contributed by atoms with E-state index in [1.165, 1.54) is 19.3 Å². The normalized spacial score (nSPS) is 23.9. The van der Waals surface area contributed by atoms with Crippen LogP contribution in [0.2, 0.25) is 0 Å². The van der Waals surface area contributed by atoms with Gasteiger partial charge in [0.1, 0.15) is 6.10 Å². The van der Waals surface area contributed by atoms with Crippen molar-refractivity contribution in [3.05, 3.63) is 0 Å². The summed E-state index contributed by atoms with van der Waals surface area (Å²) in [6.45, 7) is 3.16. The molecule has 1 heterocycles. The molecule has 4 heteroatoms. The Morgan fingerprint density at radius 3 is 2.72 bits per heavy atom. The molecule has 2 aliphatic rings. The van der Waals surface area contributed by atoms with Gasteiger partial charge in [-0.2, -0.15) is 0 Å². The van der Waals surface area contributed by atoms with Crippen molar-refractivity contribution >= 4 is 5.91 Å². The summed E-state index contributed by atoms with van der Waals surface area (Å²) >= 11 is 0. The van der Waals surface area contributed by atoms with Crippen molar-refractivity contribution in [3.63, 3.8) is 0 Å². The molecular weight excluding hydrogens is 230 g/mol. The van der Waals surface area contributed by atoms with Crippen LogP contribution in [0.15, 0.2) is 0 Å². The van der Waals surface area contributed by atoms with Crippen molar-refractivity contribution in [2.75, 3.05) is 26.4 Å². The van der Waals surface area contributed by atoms with Gasteiger partial charge in [-0.3, -0.25) is 4.79 Å². The molecule has 1 unspecified atom stereocenters. The predicted octanol–water partition coefficient (Wildman–Crippen LogP) is 1.88. The molecule has 0 aromatic carbocycles. The zero-order valence-electron chi connectivity index (χ0n) is 11.2. The number of unbranched alkanes of at least 4 members (excludes halogenated alkanes) is 1. The molecule has 4 nitrogen and oxygen atoms in total. The molecule has 104 valence electrons. The molecule has 0 aromatic rings. The van der Waals surface area contributed by atoms with Gasteiger partial charge in [0.15, 0.2) is 0 Å². The molecule has 1 N–H and O–H groups in total. The van der Waals surface area contributed by atoms with Gasteiger partial charge in [0, 0.05) is 19.1 Å². The summed E-state index contributed by atoms with van der Waals surface area (Å²) < 4.78 is 10.5. The summed E-state index contributed by atoms with van der Waals surface area (Å²) in [5.74, 6) is 0.545. The van der Waals surface area contributed by atoms with Gasteiger partial charge in [-0.25, -0.2) is 0 Å². The van der Waals surface area contributed by atoms with Gasteiger partial charge in [0.05, 0.1) is 13.2 Å². The summed E-state index contributed by atoms with van der Waals surface area (Å²) in [5.41, 5.74) is 0. The monoisotopic (exact) mass is 255 g/mol. The highest BCUT2D eigenvalue weighted by Gasteiger charge is 2.22. The molecule has 18 heavy (non-hydrogen) atoms. The van der Waals surface area contributed by atoms with E-state index in [1.54, 1.807) is 0 Å². The fourth-order valence-corrected chi connectivity index (χ4v) is 2.43. The molecule has 1 atom stereocenters. The first-order valence-corrected chi connectivity index (χ1v) is 7.33. The lowest BCUT2D eigenvalue weighted by atomic mass is 9.89. The van der Waals surface area contributed by atoms with Crippen LogP contribution < -0.4 is 5.32 Å². The molecule has 1 amide bonds. The van der Waals surface area contributed by atoms with E-state index in [-0.39, 0.29) is 11.8 Å². The van der Waals surface area contributed by atoms with E-state index in [4.69, 9.17) is 9.47 Å². The fourth-order valence-electron chi connectivity index (χ4n) is 2.43. The van der Waals surface area contributed by atoms with Crippen molar-refractivity contribution in [3.8, 4) is 0 Å². The molecule has 1 aliphatic carbocycles. The number of hydrogen-bond acceptors (Lipinski definition) is 3. The SMILES string of the molecule is O=C(NCCCCOCC1CO1)C1CCCCC1. The molecular formula is C14H25NO3. The lowest BCUT2D eigenvalue weighted by Gasteiger charge is -2.20. The van der Waals surface area contributed by atoms with Gasteiger partial charge in [-0.15, -0.1) is 0 Å². The van der Waals surface area contributed by atoms with Crippen LogP contribution >= 0.6 is 0 Å². The van der Waals surface area contributed by atoms with Crippen LogP contribution in [0.3, 0.4) is 0 Å². The molecule has 1 aliphatic heterocycles. The standard InChI is InChI=1S/C14H25NO3/c16-14(12-6-2-1-3-7-12)15-8-4-5-9-17-10-13-11-18-13/h12-13H,1-11H2,(H,15,16). The number of carbonyl (C=O) groups is 1. The maximum Gasteiger partial charge on any atom is 0.223 e. The third-order valence-corrected chi connectivity index (χ3v) is 3.70. The van der Waals surface area contributed by atoms with Crippen molar-refractivity contribution in [2.45, 2.75) is 51.0 Å². The molecule has 2 fully saturated rings. The van der Waals surface area contributed by atoms with E-state index >= 15 is 0 Å².